The maximum absolute atomic E-state index is 17.5. The van der Waals surface area contributed by atoms with Crippen molar-refractivity contribution in [3.05, 3.63) is 58.7 Å². The number of halogens is 2. The van der Waals surface area contributed by atoms with E-state index in [0.717, 1.165) is 23.2 Å². The molecule has 6 rings (SSSR count). The highest BCUT2D eigenvalue weighted by molar-refractivity contribution is 7.93. The van der Waals surface area contributed by atoms with Gasteiger partial charge >= 0.3 is 0 Å². The first-order valence-corrected chi connectivity index (χ1v) is 15.2. The Morgan fingerprint density at radius 3 is 2.74 bits per heavy atom. The Kier molecular flexibility index (Phi) is 6.72. The molecule has 5 aliphatic rings. The molecule has 4 aliphatic carbocycles. The normalized spacial score (nSPS) is 42.9. The van der Waals surface area contributed by atoms with Crippen molar-refractivity contribution >= 4 is 35.2 Å². The van der Waals surface area contributed by atoms with Gasteiger partial charge in [0.1, 0.15) is 6.61 Å². The minimum Gasteiger partial charge on any atom is -0.390 e. The van der Waals surface area contributed by atoms with Gasteiger partial charge < -0.3 is 9.29 Å². The van der Waals surface area contributed by atoms with Gasteiger partial charge in [-0.05, 0) is 80.4 Å². The summed E-state index contributed by atoms with van der Waals surface area (Å²) in [6, 6.07) is 7.54. The highest BCUT2D eigenvalue weighted by Crippen LogP contribution is 2.72. The number of hydrogen-bond acceptors (Lipinski definition) is 7. The number of fused-ring (bicyclic) bond motifs is 7. The number of carbonyl (C=O) groups is 2. The highest BCUT2D eigenvalue weighted by Gasteiger charge is 2.78. The van der Waals surface area contributed by atoms with Crippen LogP contribution < -0.4 is 0 Å². The van der Waals surface area contributed by atoms with E-state index in [1.54, 1.807) is 18.4 Å². The van der Waals surface area contributed by atoms with E-state index in [1.165, 1.54) is 6.08 Å². The lowest BCUT2D eigenvalue weighted by molar-refractivity contribution is -0.267. The summed E-state index contributed by atoms with van der Waals surface area (Å²) in [4.78, 5) is 32.9. The van der Waals surface area contributed by atoms with E-state index >= 15 is 4.39 Å². The molecule has 9 heteroatoms. The van der Waals surface area contributed by atoms with Crippen LogP contribution in [0.5, 0.6) is 0 Å². The van der Waals surface area contributed by atoms with Gasteiger partial charge in [0.25, 0.3) is 0 Å². The van der Waals surface area contributed by atoms with Gasteiger partial charge in [0.2, 0.25) is 0 Å². The Hall–Kier alpha value is -1.55. The van der Waals surface area contributed by atoms with Crippen molar-refractivity contribution in [1.29, 1.82) is 0 Å². The smallest absolute Gasteiger partial charge is 0.194 e. The average molecular weight is 576 g/mol. The summed E-state index contributed by atoms with van der Waals surface area (Å²) in [6.45, 7) is 4.71. The SMILES string of the molecule is CSOCC(=O)[C@@]12ON(Cc3ccc(Cl)cc3)C[C@@H]1C[C@H]1[C@@H]3CCC4=CC(=O)C=C[C@]4(C)[C@@]3(F)[C@@H](O)C[C@@]12C. The van der Waals surface area contributed by atoms with E-state index in [9.17, 15) is 14.7 Å². The van der Waals surface area contributed by atoms with Crippen LogP contribution in [-0.2, 0) is 25.2 Å². The van der Waals surface area contributed by atoms with Crippen molar-refractivity contribution in [2.24, 2.45) is 28.6 Å². The second kappa shape index (κ2) is 9.50. The second-order valence-electron chi connectivity index (χ2n) is 12.3. The van der Waals surface area contributed by atoms with Gasteiger partial charge in [0.15, 0.2) is 22.8 Å². The number of hydrogen-bond donors (Lipinski definition) is 1. The Labute approximate surface area is 238 Å². The predicted octanol–water partition coefficient (Wildman–Crippen LogP) is 5.29. The molecule has 1 heterocycles. The number of ketones is 2. The maximum atomic E-state index is 17.5. The van der Waals surface area contributed by atoms with Gasteiger partial charge in [-0.25, -0.2) is 4.39 Å². The molecule has 0 spiro atoms. The van der Waals surface area contributed by atoms with Gasteiger partial charge in [-0.3, -0.25) is 14.4 Å². The van der Waals surface area contributed by atoms with Gasteiger partial charge in [-0.15, -0.1) is 0 Å². The molecule has 4 fully saturated rings. The lowest BCUT2D eigenvalue weighted by atomic mass is 9.44. The molecule has 1 N–H and O–H groups in total. The molecule has 39 heavy (non-hydrogen) atoms. The van der Waals surface area contributed by atoms with Crippen LogP contribution >= 0.6 is 23.6 Å². The molecule has 0 radical (unpaired) electrons. The van der Waals surface area contributed by atoms with Crippen LogP contribution in [0.15, 0.2) is 48.1 Å². The van der Waals surface area contributed by atoms with Crippen molar-refractivity contribution in [3.8, 4) is 0 Å². The van der Waals surface area contributed by atoms with E-state index in [-0.39, 0.29) is 36.4 Å². The highest BCUT2D eigenvalue weighted by atomic mass is 35.5. The Balaban J connectivity index is 1.38. The number of benzene rings is 1. The van der Waals surface area contributed by atoms with Crippen LogP contribution in [0.4, 0.5) is 4.39 Å². The van der Waals surface area contributed by atoms with Crippen molar-refractivity contribution in [1.82, 2.24) is 5.06 Å². The summed E-state index contributed by atoms with van der Waals surface area (Å²) >= 11 is 7.20. The van der Waals surface area contributed by atoms with Gasteiger partial charge in [-0.1, -0.05) is 42.3 Å². The number of alkyl halides is 1. The predicted molar refractivity (Wildman–Crippen MR) is 147 cm³/mol. The largest absolute Gasteiger partial charge is 0.390 e. The molecule has 8 atom stereocenters. The van der Waals surface area contributed by atoms with Crippen molar-refractivity contribution in [2.45, 2.75) is 63.4 Å². The number of carbonyl (C=O) groups excluding carboxylic acids is 2. The fourth-order valence-electron chi connectivity index (χ4n) is 8.94. The lowest BCUT2D eigenvalue weighted by Crippen LogP contribution is -2.69. The second-order valence-corrected chi connectivity index (χ2v) is 13.3. The molecule has 1 aromatic rings. The van der Waals surface area contributed by atoms with E-state index in [4.69, 9.17) is 20.6 Å². The Bertz CT molecular complexity index is 1260. The summed E-state index contributed by atoms with van der Waals surface area (Å²) in [7, 11) is 0. The Morgan fingerprint density at radius 1 is 1.28 bits per heavy atom. The standard InChI is InChI=1S/C30H35ClFNO5S/c1-27-11-10-22(34)12-19(27)6-9-23-24-13-20-16-33(15-18-4-7-21(31)8-5-18)38-30(20,26(36)17-37-39-3)28(24,2)14-25(35)29(23,27)32/h4-5,7-8,10-12,20,23-25,35H,6,9,13-17H2,1-3H3/t20-,23-,24-,25-,27-,28-,29-,30-/m0/s1. The van der Waals surface area contributed by atoms with Crippen molar-refractivity contribution in [3.63, 3.8) is 0 Å². The van der Waals surface area contributed by atoms with Gasteiger partial charge in [0, 0.05) is 47.0 Å². The zero-order valence-corrected chi connectivity index (χ0v) is 24.1. The lowest BCUT2D eigenvalue weighted by Gasteiger charge is -2.62. The summed E-state index contributed by atoms with van der Waals surface area (Å²) < 4.78 is 23.1. The molecule has 0 unspecified atom stereocenters. The van der Waals surface area contributed by atoms with Crippen LogP contribution in [0, 0.1) is 28.6 Å². The molecule has 0 aromatic heterocycles. The number of rotatable bonds is 6. The maximum Gasteiger partial charge on any atom is 0.194 e. The fourth-order valence-corrected chi connectivity index (χ4v) is 9.29. The van der Waals surface area contributed by atoms with Crippen LogP contribution in [0.1, 0.15) is 45.1 Å². The number of allylic oxidation sites excluding steroid dienone is 4. The molecule has 210 valence electrons. The first-order valence-electron chi connectivity index (χ1n) is 13.7. The molecule has 6 nitrogen and oxygen atoms in total. The van der Waals surface area contributed by atoms with E-state index < -0.39 is 34.1 Å². The molecule has 0 amide bonds. The topological polar surface area (TPSA) is 76.1 Å². The fraction of sp³-hybridized carbons (Fsp3) is 0.600. The average Bonchev–Trinajstić information content (AvgIpc) is 3.37. The summed E-state index contributed by atoms with van der Waals surface area (Å²) in [6.07, 6.45) is 6.90. The first kappa shape index (κ1) is 27.6. The molecular formula is C30H35ClFNO5S. The van der Waals surface area contributed by atoms with Gasteiger partial charge in [0.05, 0.1) is 6.10 Å². The van der Waals surface area contributed by atoms with Crippen LogP contribution in [-0.4, -0.2) is 58.5 Å². The van der Waals surface area contributed by atoms with E-state index in [1.807, 2.05) is 43.2 Å². The van der Waals surface area contributed by atoms with Crippen LogP contribution in [0.25, 0.3) is 0 Å². The van der Waals surface area contributed by atoms with Crippen molar-refractivity contribution < 1.29 is 28.1 Å². The molecule has 1 saturated heterocycles. The van der Waals surface area contributed by atoms with Crippen LogP contribution in [0.3, 0.4) is 0 Å². The monoisotopic (exact) mass is 575 g/mol. The van der Waals surface area contributed by atoms with Gasteiger partial charge in [-0.2, -0.15) is 5.06 Å². The number of aliphatic hydroxyl groups is 1. The third kappa shape index (κ3) is 3.75. The molecule has 1 aromatic carbocycles. The van der Waals surface area contributed by atoms with Crippen molar-refractivity contribution in [2.75, 3.05) is 19.4 Å². The number of hydroxylamine groups is 2. The summed E-state index contributed by atoms with van der Waals surface area (Å²) in [5.74, 6) is -1.11. The van der Waals surface area contributed by atoms with E-state index in [0.29, 0.717) is 37.4 Å². The third-order valence-corrected chi connectivity index (χ3v) is 11.3. The van der Waals surface area contributed by atoms with Crippen LogP contribution in [0.2, 0.25) is 5.02 Å². The molecule has 1 aliphatic heterocycles. The Morgan fingerprint density at radius 2 is 2.03 bits per heavy atom. The quantitative estimate of drug-likeness (QED) is 0.462. The summed E-state index contributed by atoms with van der Waals surface area (Å²) in [5.41, 5.74) is -3.27. The zero-order valence-electron chi connectivity index (χ0n) is 22.5. The minimum absolute atomic E-state index is 0.0889. The zero-order chi connectivity index (χ0) is 27.8. The van der Waals surface area contributed by atoms with E-state index in [2.05, 4.69) is 0 Å². The number of Topliss-reactive ketones (excluding diaryl/α,β-unsaturated/α-hetero) is 1. The molecule has 3 saturated carbocycles. The molecule has 0 bridgehead atoms. The summed E-state index contributed by atoms with van der Waals surface area (Å²) in [5, 5.41) is 14.2. The molecular weight excluding hydrogens is 541 g/mol. The third-order valence-electron chi connectivity index (χ3n) is 10.7. The number of nitrogens with zero attached hydrogens (tertiary/aromatic N) is 1. The minimum atomic E-state index is -1.94. The number of aliphatic hydroxyl groups excluding tert-OH is 1. The first-order chi connectivity index (χ1) is 18.5.